The number of carbonyl (C=O) groups is 2. The first kappa shape index (κ1) is 31.7. The molecule has 4 N–H and O–H groups in total. The summed E-state index contributed by atoms with van der Waals surface area (Å²) in [6.07, 6.45) is 11.9. The third-order valence-electron chi connectivity index (χ3n) is 9.12. The van der Waals surface area contributed by atoms with Crippen molar-refractivity contribution in [2.45, 2.75) is 76.5 Å². The second-order valence-electron chi connectivity index (χ2n) is 12.5. The Kier molecular flexibility index (Phi) is 10.9. The standard InChI is InChI=1S/C34H44N8O4/c43-32(35-27-16-8-7-15-26(27)23-45-21-24-11-3-1-4-12-24)20-42-30(19-29(39-42)33-37-40-41-38-33)34(44)36-28-17-9-10-18-31(28)46-22-25-13-5-2-6-14-25/h1,3-4,9-12,17-19,25-27,29,39H,2,5-8,13-16,20-23H2,(H,35,43)(H,36,44)(H,37,38,40,41)/t26-,27+,29?/m1/s1. The average Bonchev–Trinajstić information content (AvgIpc) is 3.77. The Balaban J connectivity index is 1.08. The molecule has 1 aromatic heterocycles. The lowest BCUT2D eigenvalue weighted by Gasteiger charge is -2.33. The molecule has 2 aliphatic carbocycles. The summed E-state index contributed by atoms with van der Waals surface area (Å²) in [5.41, 5.74) is 5.20. The van der Waals surface area contributed by atoms with E-state index in [1.54, 1.807) is 11.1 Å². The van der Waals surface area contributed by atoms with Gasteiger partial charge in [-0.15, -0.1) is 10.2 Å². The van der Waals surface area contributed by atoms with E-state index in [-0.39, 0.29) is 30.3 Å². The molecule has 6 rings (SSSR count). The summed E-state index contributed by atoms with van der Waals surface area (Å²) in [4.78, 5) is 27.2. The van der Waals surface area contributed by atoms with Crippen LogP contribution in [0.5, 0.6) is 5.75 Å². The minimum atomic E-state index is -0.529. The third kappa shape index (κ3) is 8.49. The molecule has 12 nitrogen and oxygen atoms in total. The van der Waals surface area contributed by atoms with Crippen molar-refractivity contribution in [2.24, 2.45) is 11.8 Å². The van der Waals surface area contributed by atoms with Gasteiger partial charge in [0.15, 0.2) is 5.82 Å². The van der Waals surface area contributed by atoms with Gasteiger partial charge in [0, 0.05) is 12.0 Å². The molecule has 244 valence electrons. The van der Waals surface area contributed by atoms with Crippen LogP contribution in [0.4, 0.5) is 5.69 Å². The number of H-pyrrole nitrogens is 1. The molecule has 2 fully saturated rings. The van der Waals surface area contributed by atoms with Crippen LogP contribution in [0.3, 0.4) is 0 Å². The van der Waals surface area contributed by atoms with Crippen molar-refractivity contribution < 1.29 is 19.1 Å². The first-order valence-electron chi connectivity index (χ1n) is 16.6. The van der Waals surface area contributed by atoms with Crippen molar-refractivity contribution in [1.29, 1.82) is 0 Å². The van der Waals surface area contributed by atoms with Gasteiger partial charge in [-0.2, -0.15) is 5.21 Å². The highest BCUT2D eigenvalue weighted by molar-refractivity contribution is 6.04. The van der Waals surface area contributed by atoms with Crippen molar-refractivity contribution in [1.82, 2.24) is 36.4 Å². The van der Waals surface area contributed by atoms with Gasteiger partial charge in [0.1, 0.15) is 24.0 Å². The molecule has 46 heavy (non-hydrogen) atoms. The lowest BCUT2D eigenvalue weighted by Crippen LogP contribution is -2.49. The number of para-hydroxylation sites is 2. The molecule has 2 saturated carbocycles. The van der Waals surface area contributed by atoms with Crippen molar-refractivity contribution in [2.75, 3.05) is 25.1 Å². The van der Waals surface area contributed by atoms with Crippen LogP contribution in [0.15, 0.2) is 66.4 Å². The molecular weight excluding hydrogens is 584 g/mol. The van der Waals surface area contributed by atoms with Gasteiger partial charge < -0.3 is 20.1 Å². The number of aromatic nitrogens is 4. The highest BCUT2D eigenvalue weighted by Gasteiger charge is 2.34. The number of hydrogen-bond acceptors (Lipinski definition) is 9. The Morgan fingerprint density at radius 2 is 1.70 bits per heavy atom. The van der Waals surface area contributed by atoms with Crippen LogP contribution >= 0.6 is 0 Å². The highest BCUT2D eigenvalue weighted by atomic mass is 16.5. The monoisotopic (exact) mass is 628 g/mol. The van der Waals surface area contributed by atoms with Gasteiger partial charge in [-0.3, -0.25) is 14.6 Å². The van der Waals surface area contributed by atoms with E-state index < -0.39 is 6.04 Å². The van der Waals surface area contributed by atoms with Gasteiger partial charge in [0.25, 0.3) is 5.91 Å². The number of nitrogens with one attached hydrogen (secondary N) is 4. The molecule has 0 radical (unpaired) electrons. The Bertz CT molecular complexity index is 1440. The van der Waals surface area contributed by atoms with E-state index in [2.05, 4.69) is 48.8 Å². The molecule has 0 saturated heterocycles. The first-order chi connectivity index (χ1) is 22.6. The zero-order chi connectivity index (χ0) is 31.6. The van der Waals surface area contributed by atoms with Gasteiger partial charge in [0.2, 0.25) is 5.91 Å². The molecule has 2 heterocycles. The van der Waals surface area contributed by atoms with Gasteiger partial charge in [-0.05, 0) is 55.4 Å². The molecule has 3 atom stereocenters. The van der Waals surface area contributed by atoms with Crippen LogP contribution in [0.25, 0.3) is 0 Å². The number of carbonyl (C=O) groups excluding carboxylic acids is 2. The smallest absolute Gasteiger partial charge is 0.273 e. The van der Waals surface area contributed by atoms with Crippen molar-refractivity contribution >= 4 is 17.5 Å². The molecular formula is C34H44N8O4. The van der Waals surface area contributed by atoms with Crippen LogP contribution < -0.4 is 20.8 Å². The van der Waals surface area contributed by atoms with Crippen LogP contribution in [0.2, 0.25) is 0 Å². The fourth-order valence-corrected chi connectivity index (χ4v) is 6.62. The molecule has 3 aromatic rings. The molecule has 2 aromatic carbocycles. The number of hydrazine groups is 1. The molecule has 2 amide bonds. The summed E-state index contributed by atoms with van der Waals surface area (Å²) < 4.78 is 12.2. The fraction of sp³-hybridized carbons (Fsp3) is 0.500. The quantitative estimate of drug-likeness (QED) is 0.216. The number of nitrogens with zero attached hydrogens (tertiary/aromatic N) is 4. The zero-order valence-electron chi connectivity index (χ0n) is 26.2. The zero-order valence-corrected chi connectivity index (χ0v) is 26.2. The number of ether oxygens (including phenoxy) is 2. The predicted octanol–water partition coefficient (Wildman–Crippen LogP) is 4.43. The molecule has 0 bridgehead atoms. The lowest BCUT2D eigenvalue weighted by molar-refractivity contribution is -0.124. The van der Waals surface area contributed by atoms with E-state index in [1.165, 1.54) is 32.1 Å². The van der Waals surface area contributed by atoms with E-state index in [9.17, 15) is 9.59 Å². The molecule has 1 aliphatic heterocycles. The van der Waals surface area contributed by atoms with Crippen LogP contribution in [-0.2, 0) is 20.9 Å². The number of benzene rings is 2. The Morgan fingerprint density at radius 1 is 0.913 bits per heavy atom. The summed E-state index contributed by atoms with van der Waals surface area (Å²) in [6.45, 7) is 1.69. The molecule has 1 unspecified atom stereocenters. The summed E-state index contributed by atoms with van der Waals surface area (Å²) in [5, 5.41) is 22.1. The maximum Gasteiger partial charge on any atom is 0.273 e. The normalized spacial score (nSPS) is 21.9. The highest BCUT2D eigenvalue weighted by Crippen LogP contribution is 2.30. The maximum atomic E-state index is 13.7. The number of aromatic amines is 1. The van der Waals surface area contributed by atoms with E-state index in [0.29, 0.717) is 48.7 Å². The van der Waals surface area contributed by atoms with Gasteiger partial charge in [0.05, 0.1) is 25.5 Å². The van der Waals surface area contributed by atoms with Gasteiger partial charge >= 0.3 is 0 Å². The largest absolute Gasteiger partial charge is 0.491 e. The SMILES string of the molecule is O=C(CN1NC(c2nn[nH]n2)C=C1C(=O)Nc1ccccc1OCC1CCCCC1)N[C@H]1CCCC[C@@H]1COCc1ccccc1. The average molecular weight is 629 g/mol. The van der Waals surface area contributed by atoms with Gasteiger partial charge in [-0.1, -0.05) is 79.8 Å². The van der Waals surface area contributed by atoms with Gasteiger partial charge in [-0.25, -0.2) is 5.43 Å². The van der Waals surface area contributed by atoms with Crippen LogP contribution in [0, 0.1) is 11.8 Å². The maximum absolute atomic E-state index is 13.7. The van der Waals surface area contributed by atoms with E-state index >= 15 is 0 Å². The van der Waals surface area contributed by atoms with Crippen LogP contribution in [0.1, 0.15) is 75.2 Å². The first-order valence-corrected chi connectivity index (χ1v) is 16.6. The number of anilines is 1. The minimum absolute atomic E-state index is 0.00192. The molecule has 3 aliphatic rings. The Hall–Kier alpha value is -4.29. The number of rotatable bonds is 13. The minimum Gasteiger partial charge on any atom is -0.491 e. The lowest BCUT2D eigenvalue weighted by atomic mass is 9.85. The van der Waals surface area contributed by atoms with E-state index in [1.807, 2.05) is 42.5 Å². The fourth-order valence-electron chi connectivity index (χ4n) is 6.62. The second kappa shape index (κ2) is 15.8. The Labute approximate surface area is 269 Å². The summed E-state index contributed by atoms with van der Waals surface area (Å²) in [5.74, 6) is 1.20. The second-order valence-corrected chi connectivity index (χ2v) is 12.5. The van der Waals surface area contributed by atoms with E-state index in [4.69, 9.17) is 9.47 Å². The summed E-state index contributed by atoms with van der Waals surface area (Å²) >= 11 is 0. The molecule has 0 spiro atoms. The number of hydrogen-bond donors (Lipinski definition) is 4. The topological polar surface area (TPSA) is 146 Å². The number of tetrazole rings is 1. The Morgan fingerprint density at radius 3 is 2.52 bits per heavy atom. The number of amides is 2. The summed E-state index contributed by atoms with van der Waals surface area (Å²) in [7, 11) is 0. The van der Waals surface area contributed by atoms with Crippen molar-refractivity contribution in [3.05, 3.63) is 77.8 Å². The van der Waals surface area contributed by atoms with Crippen molar-refractivity contribution in [3.8, 4) is 5.75 Å². The van der Waals surface area contributed by atoms with Crippen molar-refractivity contribution in [3.63, 3.8) is 0 Å². The third-order valence-corrected chi connectivity index (χ3v) is 9.12. The van der Waals surface area contributed by atoms with Crippen LogP contribution in [-0.4, -0.2) is 63.2 Å². The predicted molar refractivity (Wildman–Crippen MR) is 172 cm³/mol. The molecule has 12 heteroatoms. The van der Waals surface area contributed by atoms with E-state index in [0.717, 1.165) is 31.2 Å². The summed E-state index contributed by atoms with van der Waals surface area (Å²) in [6, 6.07) is 17.0.